The lowest BCUT2D eigenvalue weighted by Gasteiger charge is -2.27. The van der Waals surface area contributed by atoms with Gasteiger partial charge in [-0.05, 0) is 12.1 Å². The third kappa shape index (κ3) is 5.28. The molecule has 3 aromatic rings. The van der Waals surface area contributed by atoms with E-state index in [1.54, 1.807) is 0 Å². The quantitative estimate of drug-likeness (QED) is 0.407. The zero-order chi connectivity index (χ0) is 26.1. The number of ether oxygens (including phenoxy) is 1. The molecule has 17 heteroatoms. The monoisotopic (exact) mass is 526 g/mol. The third-order valence-electron chi connectivity index (χ3n) is 4.34. The minimum absolute atomic E-state index is 0.0370. The van der Waals surface area contributed by atoms with Gasteiger partial charge in [-0.2, -0.15) is 30.7 Å². The van der Waals surface area contributed by atoms with Crippen molar-refractivity contribution in [2.75, 3.05) is 12.4 Å². The molecule has 0 spiro atoms. The van der Waals surface area contributed by atoms with Gasteiger partial charge in [0.05, 0.1) is 11.9 Å². The van der Waals surface area contributed by atoms with Gasteiger partial charge in [0.2, 0.25) is 5.88 Å². The van der Waals surface area contributed by atoms with E-state index in [2.05, 4.69) is 34.9 Å². The van der Waals surface area contributed by atoms with Crippen molar-refractivity contribution >= 4 is 9.84 Å². The highest BCUT2D eigenvalue weighted by molar-refractivity contribution is 7.91. The van der Waals surface area contributed by atoms with Gasteiger partial charge in [-0.3, -0.25) is 0 Å². The molecule has 188 valence electrons. The summed E-state index contributed by atoms with van der Waals surface area (Å²) < 4.78 is 119. The lowest BCUT2D eigenvalue weighted by Crippen LogP contribution is -2.54. The molecule has 0 amide bonds. The minimum atomic E-state index is -6.51. The fraction of sp³-hybridized carbons (Fsp3) is 0.333. The molecule has 0 aliphatic heterocycles. The van der Waals surface area contributed by atoms with Crippen LogP contribution in [0.25, 0.3) is 23.0 Å². The molecular formula is C18H13F7N6O3S. The number of halogens is 7. The van der Waals surface area contributed by atoms with E-state index < -0.39 is 40.3 Å². The molecule has 0 atom stereocenters. The van der Waals surface area contributed by atoms with E-state index in [1.807, 2.05) is 0 Å². The SMILES string of the molecule is CCS(=O)(=O)c1cnc(-c2ncccn2)nc1-c1ccc(OCC(F)(F)C(F)(F)C(F)(F)F)nn1. The second-order valence-electron chi connectivity index (χ2n) is 6.70. The van der Waals surface area contributed by atoms with Crippen molar-refractivity contribution in [1.82, 2.24) is 30.1 Å². The summed E-state index contributed by atoms with van der Waals surface area (Å²) in [5, 5.41) is 6.91. The lowest BCUT2D eigenvalue weighted by atomic mass is 10.2. The molecule has 0 aliphatic rings. The summed E-state index contributed by atoms with van der Waals surface area (Å²) in [5.74, 6) is -13.2. The van der Waals surface area contributed by atoms with Crippen LogP contribution < -0.4 is 4.74 Å². The van der Waals surface area contributed by atoms with Crippen molar-refractivity contribution in [2.24, 2.45) is 0 Å². The van der Waals surface area contributed by atoms with Crippen molar-refractivity contribution in [3.8, 4) is 28.9 Å². The number of aromatic nitrogens is 6. The van der Waals surface area contributed by atoms with E-state index in [0.29, 0.717) is 0 Å². The van der Waals surface area contributed by atoms with Gasteiger partial charge in [-0.1, -0.05) is 6.92 Å². The molecule has 0 aliphatic carbocycles. The van der Waals surface area contributed by atoms with Gasteiger partial charge in [0.1, 0.15) is 16.3 Å². The predicted molar refractivity (Wildman–Crippen MR) is 103 cm³/mol. The first-order chi connectivity index (χ1) is 16.2. The number of hydrogen-bond donors (Lipinski definition) is 0. The van der Waals surface area contributed by atoms with Crippen LogP contribution in [0, 0.1) is 0 Å². The lowest BCUT2D eigenvalue weighted by molar-refractivity contribution is -0.358. The number of alkyl halides is 7. The number of nitrogens with zero attached hydrogens (tertiary/aromatic N) is 6. The normalized spacial score (nSPS) is 13.0. The summed E-state index contributed by atoms with van der Waals surface area (Å²) in [6.07, 6.45) is -2.76. The van der Waals surface area contributed by atoms with Crippen LogP contribution >= 0.6 is 0 Å². The van der Waals surface area contributed by atoms with Crippen LogP contribution in [0.1, 0.15) is 6.92 Å². The van der Waals surface area contributed by atoms with Crippen LogP contribution in [0.15, 0.2) is 41.7 Å². The van der Waals surface area contributed by atoms with Crippen molar-refractivity contribution in [3.63, 3.8) is 0 Å². The zero-order valence-corrected chi connectivity index (χ0v) is 18.2. The van der Waals surface area contributed by atoms with Crippen LogP contribution in [0.4, 0.5) is 30.7 Å². The van der Waals surface area contributed by atoms with Crippen LogP contribution in [-0.2, 0) is 9.84 Å². The van der Waals surface area contributed by atoms with Crippen LogP contribution in [-0.4, -0.2) is 68.9 Å². The molecule has 0 fully saturated rings. The Morgan fingerprint density at radius 3 is 2.11 bits per heavy atom. The summed E-state index contributed by atoms with van der Waals surface area (Å²) in [4.78, 5) is 15.5. The minimum Gasteiger partial charge on any atom is -0.470 e. The Morgan fingerprint density at radius 1 is 0.914 bits per heavy atom. The molecule has 3 rings (SSSR count). The van der Waals surface area contributed by atoms with Gasteiger partial charge < -0.3 is 4.74 Å². The van der Waals surface area contributed by atoms with E-state index in [9.17, 15) is 39.2 Å². The number of rotatable bonds is 8. The molecule has 0 unspecified atom stereocenters. The second-order valence-corrected chi connectivity index (χ2v) is 8.95. The fourth-order valence-corrected chi connectivity index (χ4v) is 3.41. The fourth-order valence-electron chi connectivity index (χ4n) is 2.45. The molecule has 0 saturated carbocycles. The summed E-state index contributed by atoms with van der Waals surface area (Å²) in [6, 6.07) is 3.32. The first-order valence-electron chi connectivity index (χ1n) is 9.36. The zero-order valence-electron chi connectivity index (χ0n) is 17.3. The second kappa shape index (κ2) is 9.27. The first-order valence-corrected chi connectivity index (χ1v) is 11.0. The molecule has 35 heavy (non-hydrogen) atoms. The van der Waals surface area contributed by atoms with Crippen LogP contribution in [0.3, 0.4) is 0 Å². The summed E-state index contributed by atoms with van der Waals surface area (Å²) >= 11 is 0. The Kier molecular flexibility index (Phi) is 6.92. The first kappa shape index (κ1) is 26.1. The van der Waals surface area contributed by atoms with Crippen molar-refractivity contribution in [3.05, 3.63) is 36.8 Å². The maximum atomic E-state index is 13.4. The van der Waals surface area contributed by atoms with Crippen molar-refractivity contribution in [2.45, 2.75) is 29.8 Å². The molecule has 0 N–H and O–H groups in total. The average molecular weight is 526 g/mol. The predicted octanol–water partition coefficient (Wildman–Crippen LogP) is 3.40. The third-order valence-corrected chi connectivity index (χ3v) is 6.06. The van der Waals surface area contributed by atoms with E-state index >= 15 is 0 Å². The van der Waals surface area contributed by atoms with Crippen LogP contribution in [0.2, 0.25) is 0 Å². The highest BCUT2D eigenvalue weighted by atomic mass is 32.2. The van der Waals surface area contributed by atoms with Gasteiger partial charge in [-0.25, -0.2) is 28.4 Å². The van der Waals surface area contributed by atoms with E-state index in [1.165, 1.54) is 25.4 Å². The molecule has 9 nitrogen and oxygen atoms in total. The van der Waals surface area contributed by atoms with Gasteiger partial charge in [0.25, 0.3) is 0 Å². The van der Waals surface area contributed by atoms with Gasteiger partial charge in [0, 0.05) is 18.5 Å². The molecule has 3 aromatic heterocycles. The molecule has 3 heterocycles. The van der Waals surface area contributed by atoms with E-state index in [-0.39, 0.29) is 33.7 Å². The largest absolute Gasteiger partial charge is 0.470 e. The van der Waals surface area contributed by atoms with Gasteiger partial charge in [0.15, 0.2) is 28.1 Å². The van der Waals surface area contributed by atoms with Crippen LogP contribution in [0.5, 0.6) is 5.88 Å². The highest BCUT2D eigenvalue weighted by Crippen LogP contribution is 2.46. The Hall–Kier alpha value is -3.50. The molecule has 0 aromatic carbocycles. The highest BCUT2D eigenvalue weighted by Gasteiger charge is 2.73. The number of sulfone groups is 1. The Labute approximate surface area is 192 Å². The van der Waals surface area contributed by atoms with Gasteiger partial charge in [-0.15, -0.1) is 10.2 Å². The Balaban J connectivity index is 1.93. The molecule has 0 radical (unpaired) electrons. The summed E-state index contributed by atoms with van der Waals surface area (Å²) in [6.45, 7) is -1.00. The molecule has 0 bridgehead atoms. The molecular weight excluding hydrogens is 513 g/mol. The molecule has 0 saturated heterocycles. The van der Waals surface area contributed by atoms with E-state index in [0.717, 1.165) is 18.3 Å². The Bertz CT molecular complexity index is 1290. The van der Waals surface area contributed by atoms with E-state index in [4.69, 9.17) is 0 Å². The summed E-state index contributed by atoms with van der Waals surface area (Å²) in [7, 11) is -3.90. The average Bonchev–Trinajstić information content (AvgIpc) is 2.82. The van der Waals surface area contributed by atoms with Crippen molar-refractivity contribution < 1.29 is 43.9 Å². The van der Waals surface area contributed by atoms with Crippen molar-refractivity contribution in [1.29, 1.82) is 0 Å². The standard InChI is InChI=1S/C18H13F7N6O3S/c1-2-35(32,33)11-8-28-15(14-26-6-3-7-27-14)29-13(11)10-4-5-12(31-30-10)34-9-16(19,20)17(21,22)18(23,24)25/h3-8H,2,9H2,1H3. The smallest absolute Gasteiger partial charge is 0.460 e. The number of hydrogen-bond acceptors (Lipinski definition) is 9. The maximum Gasteiger partial charge on any atom is 0.460 e. The Morgan fingerprint density at radius 2 is 1.57 bits per heavy atom. The topological polar surface area (TPSA) is 121 Å². The maximum absolute atomic E-state index is 13.4. The summed E-state index contributed by atoms with van der Waals surface area (Å²) in [5.41, 5.74) is -0.492. The van der Waals surface area contributed by atoms with Gasteiger partial charge >= 0.3 is 18.0 Å².